The van der Waals surface area contributed by atoms with Gasteiger partial charge in [-0.25, -0.2) is 4.98 Å². The average molecular weight is 387 g/mol. The number of likely N-dealkylation sites (N-methyl/N-ethyl adjacent to an activating group) is 1. The highest BCUT2D eigenvalue weighted by Gasteiger charge is 2.20. The summed E-state index contributed by atoms with van der Waals surface area (Å²) in [4.78, 5) is 21.6. The number of piperazine rings is 1. The Kier molecular flexibility index (Phi) is 5.41. The Morgan fingerprint density at radius 1 is 1.22 bits per heavy atom. The van der Waals surface area contributed by atoms with Gasteiger partial charge < -0.3 is 15.1 Å². The first-order valence-electron chi connectivity index (χ1n) is 10.1. The molecule has 0 unspecified atom stereocenters. The maximum Gasteiger partial charge on any atom is 0.261 e. The molecule has 0 spiro atoms. The fourth-order valence-electron chi connectivity index (χ4n) is 4.08. The number of fused-ring (bicyclic) bond motifs is 2. The van der Waals surface area contributed by atoms with Crippen LogP contribution in [0.1, 0.15) is 32.0 Å². The predicted octanol–water partition coefficient (Wildman–Crippen LogP) is 1.04. The fourth-order valence-corrected chi connectivity index (χ4v) is 4.38. The summed E-state index contributed by atoms with van der Waals surface area (Å²) >= 11 is 5.61. The summed E-state index contributed by atoms with van der Waals surface area (Å²) in [6, 6.07) is 5.82. The van der Waals surface area contributed by atoms with Crippen molar-refractivity contribution in [2.24, 2.45) is 0 Å². The van der Waals surface area contributed by atoms with Crippen LogP contribution in [0, 0.1) is 0 Å². The molecule has 27 heavy (non-hydrogen) atoms. The number of hydrogen-bond acceptors (Lipinski definition) is 3. The Balaban J connectivity index is 1.56. The van der Waals surface area contributed by atoms with E-state index in [0.29, 0.717) is 5.39 Å². The van der Waals surface area contributed by atoms with Gasteiger partial charge >= 0.3 is 0 Å². The molecule has 1 fully saturated rings. The summed E-state index contributed by atoms with van der Waals surface area (Å²) in [7, 11) is 0. The minimum absolute atomic E-state index is 0.0756. The molecule has 144 valence electrons. The average Bonchev–Trinajstić information content (AvgIpc) is 2.94. The number of thiocarbonyl (C=S) groups is 1. The molecule has 0 radical (unpaired) electrons. The van der Waals surface area contributed by atoms with Gasteiger partial charge in [0.05, 0.1) is 43.6 Å². The standard InChI is InChI=1S/C20H27N5OS/c1-2-23-10-12-24(13-11-23)20(27)21-15-7-8-17-16(14-15)19(26)25-9-5-3-4-6-18(25)22-17/h7-8,14H,2-6,9-13H2,1H3,(H,21,27)/p+1. The van der Waals surface area contributed by atoms with Gasteiger partial charge in [0, 0.05) is 18.7 Å². The molecule has 0 atom stereocenters. The van der Waals surface area contributed by atoms with E-state index in [2.05, 4.69) is 17.1 Å². The zero-order valence-corrected chi connectivity index (χ0v) is 16.8. The molecule has 0 aliphatic carbocycles. The quantitative estimate of drug-likeness (QED) is 0.756. The summed E-state index contributed by atoms with van der Waals surface area (Å²) in [6.45, 7) is 8.35. The van der Waals surface area contributed by atoms with Crippen molar-refractivity contribution >= 4 is 33.9 Å². The molecule has 0 saturated carbocycles. The molecule has 1 aromatic heterocycles. The number of benzene rings is 1. The third-order valence-electron chi connectivity index (χ3n) is 5.82. The van der Waals surface area contributed by atoms with Gasteiger partial charge in [0.25, 0.3) is 5.56 Å². The van der Waals surface area contributed by atoms with Gasteiger partial charge in [-0.3, -0.25) is 9.36 Å². The maximum absolute atomic E-state index is 13.0. The van der Waals surface area contributed by atoms with Gasteiger partial charge in [0.1, 0.15) is 5.82 Å². The van der Waals surface area contributed by atoms with Crippen LogP contribution >= 0.6 is 12.2 Å². The third kappa shape index (κ3) is 3.84. The van der Waals surface area contributed by atoms with Crippen LogP contribution in [0.4, 0.5) is 5.69 Å². The number of aromatic nitrogens is 2. The molecule has 0 bridgehead atoms. The molecule has 1 saturated heterocycles. The number of rotatable bonds is 2. The summed E-state index contributed by atoms with van der Waals surface area (Å²) < 4.78 is 1.87. The first kappa shape index (κ1) is 18.4. The van der Waals surface area contributed by atoms with E-state index in [9.17, 15) is 4.79 Å². The van der Waals surface area contributed by atoms with Crippen molar-refractivity contribution in [1.82, 2.24) is 14.5 Å². The van der Waals surface area contributed by atoms with Gasteiger partial charge in [-0.2, -0.15) is 0 Å². The second-order valence-corrected chi connectivity index (χ2v) is 7.93. The lowest BCUT2D eigenvalue weighted by Crippen LogP contribution is -3.14. The topological polar surface area (TPSA) is 54.6 Å². The molecule has 4 rings (SSSR count). The second kappa shape index (κ2) is 7.94. The van der Waals surface area contributed by atoms with Gasteiger partial charge in [-0.15, -0.1) is 0 Å². The Morgan fingerprint density at radius 2 is 2.04 bits per heavy atom. The Morgan fingerprint density at radius 3 is 2.81 bits per heavy atom. The number of aryl methyl sites for hydroxylation is 1. The highest BCUT2D eigenvalue weighted by atomic mass is 32.1. The van der Waals surface area contributed by atoms with E-state index >= 15 is 0 Å². The molecular formula is C20H28N5OS+. The summed E-state index contributed by atoms with van der Waals surface area (Å²) in [6.07, 6.45) is 4.21. The van der Waals surface area contributed by atoms with Crippen LogP contribution in [-0.4, -0.2) is 52.3 Å². The molecule has 1 aromatic carbocycles. The Hall–Kier alpha value is -1.99. The van der Waals surface area contributed by atoms with Crippen LogP contribution in [-0.2, 0) is 13.0 Å². The van der Waals surface area contributed by atoms with Crippen molar-refractivity contribution in [2.75, 3.05) is 38.0 Å². The van der Waals surface area contributed by atoms with E-state index in [-0.39, 0.29) is 5.56 Å². The van der Waals surface area contributed by atoms with Crippen molar-refractivity contribution in [3.05, 3.63) is 34.4 Å². The molecule has 0 amide bonds. The Bertz CT molecular complexity index is 901. The van der Waals surface area contributed by atoms with Crippen LogP contribution in [0.3, 0.4) is 0 Å². The Labute approximate surface area is 165 Å². The summed E-state index contributed by atoms with van der Waals surface area (Å²) in [5, 5.41) is 4.75. The molecule has 3 heterocycles. The lowest BCUT2D eigenvalue weighted by atomic mass is 10.2. The van der Waals surface area contributed by atoms with Crippen molar-refractivity contribution in [1.29, 1.82) is 0 Å². The van der Waals surface area contributed by atoms with E-state index in [1.54, 1.807) is 4.90 Å². The number of nitrogens with zero attached hydrogens (tertiary/aromatic N) is 3. The van der Waals surface area contributed by atoms with E-state index in [1.165, 1.54) is 6.54 Å². The first-order valence-corrected chi connectivity index (χ1v) is 10.5. The van der Waals surface area contributed by atoms with Crippen LogP contribution in [0.15, 0.2) is 23.0 Å². The normalized spacial score (nSPS) is 18.2. The number of nitrogens with one attached hydrogen (secondary N) is 2. The highest BCUT2D eigenvalue weighted by molar-refractivity contribution is 7.80. The monoisotopic (exact) mass is 386 g/mol. The van der Waals surface area contributed by atoms with Crippen molar-refractivity contribution < 1.29 is 4.90 Å². The zero-order chi connectivity index (χ0) is 18.8. The number of hydrogen-bond donors (Lipinski definition) is 2. The van der Waals surface area contributed by atoms with Gasteiger partial charge in [0.2, 0.25) is 0 Å². The van der Waals surface area contributed by atoms with E-state index in [4.69, 9.17) is 17.2 Å². The molecule has 2 aromatic rings. The summed E-state index contributed by atoms with van der Waals surface area (Å²) in [5.41, 5.74) is 1.72. The number of anilines is 1. The van der Waals surface area contributed by atoms with E-state index in [1.807, 2.05) is 22.8 Å². The van der Waals surface area contributed by atoms with Crippen LogP contribution in [0.5, 0.6) is 0 Å². The molecule has 2 N–H and O–H groups in total. The van der Waals surface area contributed by atoms with Crippen molar-refractivity contribution in [3.8, 4) is 0 Å². The smallest absolute Gasteiger partial charge is 0.261 e. The van der Waals surface area contributed by atoms with Gasteiger partial charge in [-0.05, 0) is 50.2 Å². The zero-order valence-electron chi connectivity index (χ0n) is 16.0. The van der Waals surface area contributed by atoms with Gasteiger partial charge in [-0.1, -0.05) is 6.42 Å². The van der Waals surface area contributed by atoms with Crippen LogP contribution in [0.2, 0.25) is 0 Å². The maximum atomic E-state index is 13.0. The van der Waals surface area contributed by atoms with Crippen LogP contribution in [0.25, 0.3) is 10.9 Å². The minimum atomic E-state index is 0.0756. The van der Waals surface area contributed by atoms with E-state index < -0.39 is 0 Å². The van der Waals surface area contributed by atoms with Crippen LogP contribution < -0.4 is 15.8 Å². The first-order chi connectivity index (χ1) is 13.2. The minimum Gasteiger partial charge on any atom is -0.338 e. The van der Waals surface area contributed by atoms with Gasteiger partial charge in [0.15, 0.2) is 5.11 Å². The summed E-state index contributed by atoms with van der Waals surface area (Å²) in [5.74, 6) is 0.928. The molecule has 6 nitrogen and oxygen atoms in total. The lowest BCUT2D eigenvalue weighted by molar-refractivity contribution is -0.902. The largest absolute Gasteiger partial charge is 0.338 e. The highest BCUT2D eigenvalue weighted by Crippen LogP contribution is 2.18. The third-order valence-corrected chi connectivity index (χ3v) is 6.18. The molecule has 2 aliphatic rings. The molecular weight excluding hydrogens is 358 g/mol. The van der Waals surface area contributed by atoms with Crippen molar-refractivity contribution in [3.63, 3.8) is 0 Å². The molecule has 7 heteroatoms. The fraction of sp³-hybridized carbons (Fsp3) is 0.550. The van der Waals surface area contributed by atoms with E-state index in [0.717, 1.165) is 80.5 Å². The number of quaternary nitrogens is 1. The second-order valence-electron chi connectivity index (χ2n) is 7.55. The van der Waals surface area contributed by atoms with Crippen molar-refractivity contribution in [2.45, 2.75) is 39.2 Å². The SMILES string of the molecule is CC[NH+]1CCN(C(=S)Nc2ccc3nc4n(c(=O)c3c2)CCCCC4)CC1. The predicted molar refractivity (Wildman–Crippen MR) is 113 cm³/mol. The lowest BCUT2D eigenvalue weighted by Gasteiger charge is -2.33. The molecule has 2 aliphatic heterocycles.